The van der Waals surface area contributed by atoms with Gasteiger partial charge in [0.1, 0.15) is 0 Å². The second-order valence-electron chi connectivity index (χ2n) is 3.98. The van der Waals surface area contributed by atoms with E-state index in [1.807, 2.05) is 0 Å². The summed E-state index contributed by atoms with van der Waals surface area (Å²) in [5.74, 6) is -0.365. The van der Waals surface area contributed by atoms with E-state index < -0.39 is 0 Å². The van der Waals surface area contributed by atoms with Crippen molar-refractivity contribution in [3.63, 3.8) is 0 Å². The van der Waals surface area contributed by atoms with Crippen LogP contribution < -0.4 is 10.6 Å². The molecule has 1 rings (SSSR count). The number of nitrogens with one attached hydrogen (secondary N) is 2. The fourth-order valence-electron chi connectivity index (χ4n) is 1.70. The van der Waals surface area contributed by atoms with Crippen molar-refractivity contribution in [2.24, 2.45) is 0 Å². The number of aliphatic hydroxyl groups is 1. The van der Waals surface area contributed by atoms with Crippen LogP contribution in [0.5, 0.6) is 0 Å². The lowest BCUT2D eigenvalue weighted by atomic mass is 9.93. The molecule has 5 heteroatoms. The molecule has 86 valence electrons. The first-order chi connectivity index (χ1) is 7.08. The molecule has 5 nitrogen and oxygen atoms in total. The summed E-state index contributed by atoms with van der Waals surface area (Å²) >= 11 is 0. The van der Waals surface area contributed by atoms with Gasteiger partial charge in [-0.1, -0.05) is 0 Å². The summed E-state index contributed by atoms with van der Waals surface area (Å²) in [7, 11) is 0. The van der Waals surface area contributed by atoms with Crippen molar-refractivity contribution in [1.29, 1.82) is 0 Å². The van der Waals surface area contributed by atoms with Crippen LogP contribution in [0, 0.1) is 0 Å². The SMILES string of the molecule is CC(=O)NCC(=O)NC1CCC(O)CC1. The quantitative estimate of drug-likeness (QED) is 0.595. The van der Waals surface area contributed by atoms with Gasteiger partial charge in [-0.05, 0) is 25.7 Å². The molecule has 1 aliphatic rings. The molecule has 0 radical (unpaired) electrons. The second kappa shape index (κ2) is 5.70. The molecule has 1 saturated carbocycles. The van der Waals surface area contributed by atoms with Gasteiger partial charge in [0.05, 0.1) is 12.6 Å². The summed E-state index contributed by atoms with van der Waals surface area (Å²) in [6.45, 7) is 1.42. The summed E-state index contributed by atoms with van der Waals surface area (Å²) in [4.78, 5) is 21.9. The van der Waals surface area contributed by atoms with E-state index >= 15 is 0 Å². The maximum Gasteiger partial charge on any atom is 0.239 e. The van der Waals surface area contributed by atoms with Crippen molar-refractivity contribution in [1.82, 2.24) is 10.6 Å². The van der Waals surface area contributed by atoms with E-state index in [0.29, 0.717) is 0 Å². The molecule has 0 aliphatic heterocycles. The van der Waals surface area contributed by atoms with Gasteiger partial charge in [-0.25, -0.2) is 0 Å². The van der Waals surface area contributed by atoms with Crippen molar-refractivity contribution in [2.75, 3.05) is 6.54 Å². The zero-order chi connectivity index (χ0) is 11.3. The van der Waals surface area contributed by atoms with E-state index in [0.717, 1.165) is 25.7 Å². The monoisotopic (exact) mass is 214 g/mol. The maximum absolute atomic E-state index is 11.3. The van der Waals surface area contributed by atoms with E-state index in [9.17, 15) is 14.7 Å². The zero-order valence-electron chi connectivity index (χ0n) is 8.95. The second-order valence-corrected chi connectivity index (χ2v) is 3.98. The normalized spacial score (nSPS) is 25.7. The number of hydrogen-bond donors (Lipinski definition) is 3. The molecule has 0 bridgehead atoms. The number of carbonyl (C=O) groups excluding carboxylic acids is 2. The van der Waals surface area contributed by atoms with E-state index in [-0.39, 0.29) is 30.5 Å². The molecule has 0 unspecified atom stereocenters. The van der Waals surface area contributed by atoms with Gasteiger partial charge in [-0.3, -0.25) is 9.59 Å². The Kier molecular flexibility index (Phi) is 4.55. The predicted molar refractivity (Wildman–Crippen MR) is 55.1 cm³/mol. The summed E-state index contributed by atoms with van der Waals surface area (Å²) in [6.07, 6.45) is 2.89. The Morgan fingerprint density at radius 2 is 1.87 bits per heavy atom. The van der Waals surface area contributed by atoms with Crippen LogP contribution >= 0.6 is 0 Å². The Bertz CT molecular complexity index is 235. The van der Waals surface area contributed by atoms with Crippen LogP contribution in [0.25, 0.3) is 0 Å². The minimum absolute atomic E-state index is 0.0361. The topological polar surface area (TPSA) is 78.4 Å². The van der Waals surface area contributed by atoms with E-state index in [1.54, 1.807) is 0 Å². The van der Waals surface area contributed by atoms with Gasteiger partial charge in [-0.2, -0.15) is 0 Å². The lowest BCUT2D eigenvalue weighted by molar-refractivity contribution is -0.125. The first-order valence-corrected chi connectivity index (χ1v) is 5.30. The molecule has 3 N–H and O–H groups in total. The number of aliphatic hydroxyl groups excluding tert-OH is 1. The Hall–Kier alpha value is -1.10. The largest absolute Gasteiger partial charge is 0.393 e. The lowest BCUT2D eigenvalue weighted by Gasteiger charge is -2.26. The lowest BCUT2D eigenvalue weighted by Crippen LogP contribution is -2.43. The highest BCUT2D eigenvalue weighted by atomic mass is 16.3. The highest BCUT2D eigenvalue weighted by molar-refractivity contribution is 5.83. The Balaban J connectivity index is 2.17. The van der Waals surface area contributed by atoms with Crippen LogP contribution in [0.15, 0.2) is 0 Å². The average molecular weight is 214 g/mol. The van der Waals surface area contributed by atoms with Gasteiger partial charge in [0.25, 0.3) is 0 Å². The summed E-state index contributed by atoms with van der Waals surface area (Å²) in [6, 6.07) is 0.148. The number of carbonyl (C=O) groups is 2. The molecule has 0 aromatic heterocycles. The summed E-state index contributed by atoms with van der Waals surface area (Å²) in [5.41, 5.74) is 0. The highest BCUT2D eigenvalue weighted by Gasteiger charge is 2.20. The minimum atomic E-state index is -0.214. The van der Waals surface area contributed by atoms with Crippen molar-refractivity contribution in [3.8, 4) is 0 Å². The van der Waals surface area contributed by atoms with Gasteiger partial charge in [0.15, 0.2) is 0 Å². The fraction of sp³-hybridized carbons (Fsp3) is 0.800. The third kappa shape index (κ3) is 4.78. The van der Waals surface area contributed by atoms with Gasteiger partial charge >= 0.3 is 0 Å². The molecule has 0 saturated heterocycles. The van der Waals surface area contributed by atoms with Crippen molar-refractivity contribution in [3.05, 3.63) is 0 Å². The molecule has 0 heterocycles. The third-order valence-corrected chi connectivity index (χ3v) is 2.56. The molecular weight excluding hydrogens is 196 g/mol. The molecular formula is C10H18N2O3. The molecule has 2 amide bonds. The fourth-order valence-corrected chi connectivity index (χ4v) is 1.70. The molecule has 0 spiro atoms. The molecule has 15 heavy (non-hydrogen) atoms. The van der Waals surface area contributed by atoms with Gasteiger partial charge in [-0.15, -0.1) is 0 Å². The number of amides is 2. The van der Waals surface area contributed by atoms with E-state index in [4.69, 9.17) is 0 Å². The predicted octanol–water partition coefficient (Wildman–Crippen LogP) is -0.458. The van der Waals surface area contributed by atoms with E-state index in [1.165, 1.54) is 6.92 Å². The Morgan fingerprint density at radius 1 is 1.27 bits per heavy atom. The Labute approximate surface area is 89.2 Å². The highest BCUT2D eigenvalue weighted by Crippen LogP contribution is 2.17. The van der Waals surface area contributed by atoms with Crippen LogP contribution in [0.1, 0.15) is 32.6 Å². The molecule has 0 aromatic rings. The Morgan fingerprint density at radius 3 is 2.40 bits per heavy atom. The van der Waals surface area contributed by atoms with Crippen molar-refractivity contribution in [2.45, 2.75) is 44.8 Å². The number of hydrogen-bond acceptors (Lipinski definition) is 3. The number of rotatable bonds is 3. The van der Waals surface area contributed by atoms with Gasteiger partial charge < -0.3 is 15.7 Å². The van der Waals surface area contributed by atoms with Crippen LogP contribution in [-0.4, -0.2) is 35.6 Å². The molecule has 1 aliphatic carbocycles. The molecule has 0 aromatic carbocycles. The third-order valence-electron chi connectivity index (χ3n) is 2.56. The van der Waals surface area contributed by atoms with E-state index in [2.05, 4.69) is 10.6 Å². The van der Waals surface area contributed by atoms with Crippen molar-refractivity contribution < 1.29 is 14.7 Å². The van der Waals surface area contributed by atoms with Crippen LogP contribution in [-0.2, 0) is 9.59 Å². The minimum Gasteiger partial charge on any atom is -0.393 e. The smallest absolute Gasteiger partial charge is 0.239 e. The van der Waals surface area contributed by atoms with Gasteiger partial charge in [0.2, 0.25) is 11.8 Å². The summed E-state index contributed by atoms with van der Waals surface area (Å²) in [5, 5.41) is 14.5. The van der Waals surface area contributed by atoms with Crippen molar-refractivity contribution >= 4 is 11.8 Å². The van der Waals surface area contributed by atoms with Crippen LogP contribution in [0.4, 0.5) is 0 Å². The standard InChI is InChI=1S/C10H18N2O3/c1-7(13)11-6-10(15)12-8-2-4-9(14)5-3-8/h8-9,14H,2-6H2,1H3,(H,11,13)(H,12,15). The van der Waals surface area contributed by atoms with Crippen LogP contribution in [0.2, 0.25) is 0 Å². The zero-order valence-corrected chi connectivity index (χ0v) is 8.95. The summed E-state index contributed by atoms with van der Waals surface area (Å²) < 4.78 is 0. The average Bonchev–Trinajstić information content (AvgIpc) is 2.19. The first-order valence-electron chi connectivity index (χ1n) is 5.30. The maximum atomic E-state index is 11.3. The molecule has 0 atom stereocenters. The van der Waals surface area contributed by atoms with Crippen LogP contribution in [0.3, 0.4) is 0 Å². The first kappa shape index (κ1) is 12.0. The molecule has 1 fully saturated rings. The van der Waals surface area contributed by atoms with Gasteiger partial charge in [0, 0.05) is 13.0 Å².